The lowest BCUT2D eigenvalue weighted by atomic mass is 10.1. The Balaban J connectivity index is 0.00000364. The van der Waals surface area contributed by atoms with Gasteiger partial charge in [-0.1, -0.05) is 32.0 Å². The number of amides is 1. The van der Waals surface area contributed by atoms with Crippen molar-refractivity contribution in [3.63, 3.8) is 0 Å². The van der Waals surface area contributed by atoms with E-state index in [1.807, 2.05) is 25.7 Å². The molecule has 6 nitrogen and oxygen atoms in total. The van der Waals surface area contributed by atoms with Crippen molar-refractivity contribution in [3.8, 4) is 0 Å². The van der Waals surface area contributed by atoms with Crippen molar-refractivity contribution >= 4 is 35.8 Å². The number of aliphatic hydroxyl groups excluding tert-OH is 1. The van der Waals surface area contributed by atoms with Crippen LogP contribution in [0.5, 0.6) is 0 Å². The molecule has 2 rings (SSSR count). The van der Waals surface area contributed by atoms with Crippen LogP contribution in [-0.4, -0.2) is 54.1 Å². The first kappa shape index (κ1) is 23.6. The summed E-state index contributed by atoms with van der Waals surface area (Å²) in [5.74, 6) is 0.274. The molecule has 1 fully saturated rings. The van der Waals surface area contributed by atoms with Gasteiger partial charge in [-0.25, -0.2) is 4.39 Å². The van der Waals surface area contributed by atoms with Crippen molar-refractivity contribution in [1.82, 2.24) is 15.5 Å². The molecule has 2 atom stereocenters. The topological polar surface area (TPSA) is 77.0 Å². The zero-order valence-corrected chi connectivity index (χ0v) is 18.4. The van der Waals surface area contributed by atoms with Crippen LogP contribution >= 0.6 is 24.0 Å². The minimum Gasteiger partial charge on any atom is -0.386 e. The van der Waals surface area contributed by atoms with E-state index in [-0.39, 0.29) is 54.0 Å². The van der Waals surface area contributed by atoms with Gasteiger partial charge in [-0.2, -0.15) is 0 Å². The Morgan fingerprint density at radius 1 is 1.41 bits per heavy atom. The molecular formula is C19H30FIN4O2. The summed E-state index contributed by atoms with van der Waals surface area (Å²) in [7, 11) is 0. The number of hydrogen-bond acceptors (Lipinski definition) is 3. The number of aliphatic hydroxyl groups is 1. The molecule has 1 heterocycles. The summed E-state index contributed by atoms with van der Waals surface area (Å²) < 4.78 is 13.7. The molecule has 0 spiro atoms. The van der Waals surface area contributed by atoms with Gasteiger partial charge in [-0.05, 0) is 19.4 Å². The fourth-order valence-electron chi connectivity index (χ4n) is 2.98. The van der Waals surface area contributed by atoms with E-state index in [0.717, 1.165) is 13.0 Å². The first-order chi connectivity index (χ1) is 12.4. The Labute approximate surface area is 177 Å². The van der Waals surface area contributed by atoms with Gasteiger partial charge in [0, 0.05) is 37.2 Å². The number of nitrogens with one attached hydrogen (secondary N) is 2. The first-order valence-electron chi connectivity index (χ1n) is 9.18. The SMILES string of the molecule is CCNC(=NCC(O)c1ccccc1F)NC1CCN(C(=O)C(C)C)C1.I. The second kappa shape index (κ2) is 11.4. The third-order valence-corrected chi connectivity index (χ3v) is 4.37. The van der Waals surface area contributed by atoms with Crippen LogP contribution in [0.2, 0.25) is 0 Å². The van der Waals surface area contributed by atoms with Crippen LogP contribution in [0.25, 0.3) is 0 Å². The Kier molecular flexibility index (Phi) is 10.00. The lowest BCUT2D eigenvalue weighted by Crippen LogP contribution is -2.45. The summed E-state index contributed by atoms with van der Waals surface area (Å²) in [6.07, 6.45) is -0.159. The van der Waals surface area contributed by atoms with E-state index in [0.29, 0.717) is 19.0 Å². The molecule has 8 heteroatoms. The summed E-state index contributed by atoms with van der Waals surface area (Å²) >= 11 is 0. The third kappa shape index (κ3) is 6.91. The van der Waals surface area contributed by atoms with Crippen LogP contribution < -0.4 is 10.6 Å². The number of hydrogen-bond donors (Lipinski definition) is 3. The van der Waals surface area contributed by atoms with Gasteiger partial charge in [0.1, 0.15) is 11.9 Å². The van der Waals surface area contributed by atoms with Crippen LogP contribution in [0.1, 0.15) is 38.9 Å². The number of aliphatic imine (C=N–C) groups is 1. The number of nitrogens with zero attached hydrogens (tertiary/aromatic N) is 2. The average Bonchev–Trinajstić information content (AvgIpc) is 3.07. The highest BCUT2D eigenvalue weighted by Gasteiger charge is 2.28. The monoisotopic (exact) mass is 492 g/mol. The maximum absolute atomic E-state index is 13.7. The number of guanidine groups is 1. The second-order valence-corrected chi connectivity index (χ2v) is 6.83. The zero-order valence-electron chi connectivity index (χ0n) is 16.1. The molecule has 1 saturated heterocycles. The lowest BCUT2D eigenvalue weighted by molar-refractivity contribution is -0.133. The number of halogens is 2. The normalized spacial score (nSPS) is 18.2. The summed E-state index contributed by atoms with van der Waals surface area (Å²) in [6, 6.07) is 6.27. The number of rotatable bonds is 6. The molecule has 1 aromatic carbocycles. The van der Waals surface area contributed by atoms with Gasteiger partial charge < -0.3 is 20.6 Å². The molecule has 0 bridgehead atoms. The van der Waals surface area contributed by atoms with Crippen molar-refractivity contribution in [1.29, 1.82) is 0 Å². The van der Waals surface area contributed by atoms with Gasteiger partial charge in [-0.15, -0.1) is 24.0 Å². The van der Waals surface area contributed by atoms with Crippen molar-refractivity contribution in [2.45, 2.75) is 39.3 Å². The molecule has 1 amide bonds. The lowest BCUT2D eigenvalue weighted by Gasteiger charge is -2.20. The number of likely N-dealkylation sites (tertiary alicyclic amines) is 1. The minimum atomic E-state index is -1.01. The first-order valence-corrected chi connectivity index (χ1v) is 9.18. The highest BCUT2D eigenvalue weighted by Crippen LogP contribution is 2.17. The van der Waals surface area contributed by atoms with Crippen LogP contribution in [0, 0.1) is 11.7 Å². The fraction of sp³-hybridized carbons (Fsp3) is 0.579. The van der Waals surface area contributed by atoms with Crippen molar-refractivity contribution in [2.24, 2.45) is 10.9 Å². The van der Waals surface area contributed by atoms with Gasteiger partial charge in [0.25, 0.3) is 0 Å². The van der Waals surface area contributed by atoms with Crippen molar-refractivity contribution < 1.29 is 14.3 Å². The Morgan fingerprint density at radius 3 is 2.74 bits per heavy atom. The van der Waals surface area contributed by atoms with E-state index >= 15 is 0 Å². The second-order valence-electron chi connectivity index (χ2n) is 6.83. The summed E-state index contributed by atoms with van der Waals surface area (Å²) in [5.41, 5.74) is 0.238. The predicted molar refractivity (Wildman–Crippen MR) is 116 cm³/mol. The largest absolute Gasteiger partial charge is 0.386 e. The van der Waals surface area contributed by atoms with E-state index in [2.05, 4.69) is 15.6 Å². The van der Waals surface area contributed by atoms with Crippen LogP contribution in [0.4, 0.5) is 4.39 Å². The van der Waals surface area contributed by atoms with E-state index < -0.39 is 11.9 Å². The van der Waals surface area contributed by atoms with E-state index in [1.165, 1.54) is 6.07 Å². The molecule has 152 valence electrons. The quantitative estimate of drug-likeness (QED) is 0.324. The summed E-state index contributed by atoms with van der Waals surface area (Å²) in [4.78, 5) is 18.3. The average molecular weight is 492 g/mol. The third-order valence-electron chi connectivity index (χ3n) is 4.37. The predicted octanol–water partition coefficient (Wildman–Crippen LogP) is 2.29. The van der Waals surface area contributed by atoms with Gasteiger partial charge >= 0.3 is 0 Å². The van der Waals surface area contributed by atoms with E-state index in [1.54, 1.807) is 18.2 Å². The molecule has 27 heavy (non-hydrogen) atoms. The summed E-state index contributed by atoms with van der Waals surface area (Å²) in [6.45, 7) is 7.84. The van der Waals surface area contributed by atoms with Gasteiger partial charge in [-0.3, -0.25) is 9.79 Å². The van der Waals surface area contributed by atoms with Gasteiger partial charge in [0.15, 0.2) is 5.96 Å². The molecule has 0 aromatic heterocycles. The Morgan fingerprint density at radius 2 is 2.11 bits per heavy atom. The standard InChI is InChI=1S/C19H29FN4O2.HI/c1-4-21-19(22-11-17(25)15-7-5-6-8-16(15)20)23-14-9-10-24(12-14)18(26)13(2)3;/h5-8,13-14,17,25H,4,9-12H2,1-3H3,(H2,21,22,23);1H. The highest BCUT2D eigenvalue weighted by molar-refractivity contribution is 14.0. The van der Waals surface area contributed by atoms with Crippen LogP contribution in [0.3, 0.4) is 0 Å². The van der Waals surface area contributed by atoms with Gasteiger partial charge in [0.05, 0.1) is 6.54 Å². The Bertz CT molecular complexity index is 642. The highest BCUT2D eigenvalue weighted by atomic mass is 127. The maximum Gasteiger partial charge on any atom is 0.225 e. The number of benzene rings is 1. The molecule has 1 aliphatic heterocycles. The maximum atomic E-state index is 13.7. The molecule has 0 saturated carbocycles. The van der Waals surface area contributed by atoms with Crippen molar-refractivity contribution in [3.05, 3.63) is 35.6 Å². The van der Waals surface area contributed by atoms with Gasteiger partial charge in [0.2, 0.25) is 5.91 Å². The Hall–Kier alpha value is -1.42. The number of carbonyl (C=O) groups is 1. The van der Waals surface area contributed by atoms with E-state index in [9.17, 15) is 14.3 Å². The van der Waals surface area contributed by atoms with Crippen LogP contribution in [-0.2, 0) is 4.79 Å². The fourth-order valence-corrected chi connectivity index (χ4v) is 2.98. The number of carbonyl (C=O) groups excluding carboxylic acids is 1. The van der Waals surface area contributed by atoms with Crippen molar-refractivity contribution in [2.75, 3.05) is 26.2 Å². The molecule has 0 aliphatic carbocycles. The zero-order chi connectivity index (χ0) is 19.1. The molecule has 2 unspecified atom stereocenters. The molecule has 1 aromatic rings. The molecular weight excluding hydrogens is 462 g/mol. The molecule has 1 aliphatic rings. The molecule has 0 radical (unpaired) electrons. The summed E-state index contributed by atoms with van der Waals surface area (Å²) in [5, 5.41) is 16.6. The van der Waals surface area contributed by atoms with Crippen LogP contribution in [0.15, 0.2) is 29.3 Å². The molecule has 3 N–H and O–H groups in total. The minimum absolute atomic E-state index is 0. The smallest absolute Gasteiger partial charge is 0.225 e. The van der Waals surface area contributed by atoms with E-state index in [4.69, 9.17) is 0 Å².